The molecule has 6 nitrogen and oxygen atoms in total. The van der Waals surface area contributed by atoms with Gasteiger partial charge < -0.3 is 14.0 Å². The summed E-state index contributed by atoms with van der Waals surface area (Å²) in [5, 5.41) is 3.51. The van der Waals surface area contributed by atoms with Gasteiger partial charge in [-0.15, -0.1) is 0 Å². The minimum absolute atomic E-state index is 0.0493. The van der Waals surface area contributed by atoms with Gasteiger partial charge in [-0.25, -0.2) is 9.18 Å². The van der Waals surface area contributed by atoms with Crippen molar-refractivity contribution < 1.29 is 23.2 Å². The van der Waals surface area contributed by atoms with E-state index in [1.54, 1.807) is 6.07 Å². The third-order valence-electron chi connectivity index (χ3n) is 2.21. The van der Waals surface area contributed by atoms with Crippen molar-refractivity contribution in [1.29, 1.82) is 0 Å². The van der Waals surface area contributed by atoms with Gasteiger partial charge in [0.05, 0.1) is 19.8 Å². The van der Waals surface area contributed by atoms with Crippen LogP contribution in [0.25, 0.3) is 11.4 Å². The molecule has 0 saturated heterocycles. The van der Waals surface area contributed by atoms with Crippen molar-refractivity contribution in [3.63, 3.8) is 0 Å². The van der Waals surface area contributed by atoms with Gasteiger partial charge in [-0.1, -0.05) is 11.2 Å². The van der Waals surface area contributed by atoms with E-state index in [0.717, 1.165) is 0 Å². The Hall–Kier alpha value is -2.44. The van der Waals surface area contributed by atoms with E-state index in [1.807, 2.05) is 0 Å². The van der Waals surface area contributed by atoms with Gasteiger partial charge in [-0.2, -0.15) is 4.98 Å². The number of halogens is 1. The van der Waals surface area contributed by atoms with E-state index in [1.165, 1.54) is 26.4 Å². The first-order valence-corrected chi connectivity index (χ1v) is 4.92. The Morgan fingerprint density at radius 2 is 2.17 bits per heavy atom. The molecule has 0 aliphatic rings. The van der Waals surface area contributed by atoms with Gasteiger partial charge in [-0.05, 0) is 12.1 Å². The average Bonchev–Trinajstić information content (AvgIpc) is 2.87. The van der Waals surface area contributed by atoms with E-state index in [0.29, 0.717) is 0 Å². The van der Waals surface area contributed by atoms with Crippen LogP contribution in [0.5, 0.6) is 5.75 Å². The lowest BCUT2D eigenvalue weighted by molar-refractivity contribution is 0.0545. The number of benzene rings is 1. The Labute approximate surface area is 101 Å². The lowest BCUT2D eigenvalue weighted by Crippen LogP contribution is -2.01. The summed E-state index contributed by atoms with van der Waals surface area (Å²) in [6, 6.07) is 4.48. The van der Waals surface area contributed by atoms with Gasteiger partial charge in [0.1, 0.15) is 0 Å². The lowest BCUT2D eigenvalue weighted by atomic mass is 10.2. The molecule has 94 valence electrons. The van der Waals surface area contributed by atoms with E-state index in [9.17, 15) is 9.18 Å². The number of ether oxygens (including phenoxy) is 2. The molecule has 0 radical (unpaired) electrons. The zero-order valence-electron chi connectivity index (χ0n) is 9.64. The molecular weight excluding hydrogens is 243 g/mol. The Bertz CT molecular complexity index is 582. The van der Waals surface area contributed by atoms with Crippen molar-refractivity contribution in [1.82, 2.24) is 10.1 Å². The number of methoxy groups -OCH3 is 2. The van der Waals surface area contributed by atoms with Crippen LogP contribution in [0.15, 0.2) is 22.7 Å². The number of carbonyl (C=O) groups is 1. The van der Waals surface area contributed by atoms with Crippen LogP contribution in [0.1, 0.15) is 10.7 Å². The monoisotopic (exact) mass is 252 g/mol. The van der Waals surface area contributed by atoms with Crippen LogP contribution in [-0.4, -0.2) is 30.3 Å². The Morgan fingerprint density at radius 3 is 2.83 bits per heavy atom. The second-order valence-corrected chi connectivity index (χ2v) is 3.24. The molecule has 0 fully saturated rings. The molecule has 7 heteroatoms. The fraction of sp³-hybridized carbons (Fsp3) is 0.182. The third kappa shape index (κ3) is 2.02. The van der Waals surface area contributed by atoms with E-state index < -0.39 is 11.8 Å². The molecule has 0 aliphatic carbocycles. The topological polar surface area (TPSA) is 74.5 Å². The SMILES string of the molecule is COC(=O)c1nc(-c2cccc(OC)c2F)no1. The summed E-state index contributed by atoms with van der Waals surface area (Å²) in [6.07, 6.45) is 0. The summed E-state index contributed by atoms with van der Waals surface area (Å²) >= 11 is 0. The maximum absolute atomic E-state index is 13.9. The highest BCUT2D eigenvalue weighted by Gasteiger charge is 2.19. The van der Waals surface area contributed by atoms with Crippen molar-refractivity contribution in [2.75, 3.05) is 14.2 Å². The van der Waals surface area contributed by atoms with Crippen molar-refractivity contribution in [2.45, 2.75) is 0 Å². The van der Waals surface area contributed by atoms with Crippen LogP contribution in [0.4, 0.5) is 4.39 Å². The molecule has 1 aromatic carbocycles. The summed E-state index contributed by atoms with van der Waals surface area (Å²) in [5.74, 6) is -1.74. The normalized spacial score (nSPS) is 10.2. The molecule has 1 heterocycles. The maximum atomic E-state index is 13.9. The zero-order chi connectivity index (χ0) is 13.1. The van der Waals surface area contributed by atoms with E-state index >= 15 is 0 Å². The van der Waals surface area contributed by atoms with Gasteiger partial charge >= 0.3 is 11.9 Å². The van der Waals surface area contributed by atoms with Gasteiger partial charge in [0, 0.05) is 0 Å². The van der Waals surface area contributed by atoms with Crippen molar-refractivity contribution in [2.24, 2.45) is 0 Å². The van der Waals surface area contributed by atoms with Gasteiger partial charge in [0.15, 0.2) is 11.6 Å². The van der Waals surface area contributed by atoms with E-state index in [-0.39, 0.29) is 23.0 Å². The summed E-state index contributed by atoms with van der Waals surface area (Å²) in [4.78, 5) is 14.9. The molecular formula is C11H9FN2O4. The van der Waals surface area contributed by atoms with Crippen LogP contribution >= 0.6 is 0 Å². The average molecular weight is 252 g/mol. The number of hydrogen-bond acceptors (Lipinski definition) is 6. The van der Waals surface area contributed by atoms with Crippen LogP contribution in [0.2, 0.25) is 0 Å². The molecule has 0 unspecified atom stereocenters. The highest BCUT2D eigenvalue weighted by atomic mass is 19.1. The zero-order valence-corrected chi connectivity index (χ0v) is 9.64. The number of carbonyl (C=O) groups excluding carboxylic acids is 1. The standard InChI is InChI=1S/C11H9FN2O4/c1-16-7-5-3-4-6(8(7)12)9-13-10(18-14-9)11(15)17-2/h3-5H,1-2H3. The minimum Gasteiger partial charge on any atom is -0.494 e. The predicted molar refractivity (Wildman–Crippen MR) is 57.6 cm³/mol. The predicted octanol–water partition coefficient (Wildman–Crippen LogP) is 1.67. The lowest BCUT2D eigenvalue weighted by Gasteiger charge is -2.03. The third-order valence-corrected chi connectivity index (χ3v) is 2.21. The highest BCUT2D eigenvalue weighted by molar-refractivity contribution is 5.84. The Morgan fingerprint density at radius 1 is 1.39 bits per heavy atom. The Kier molecular flexibility index (Phi) is 3.22. The van der Waals surface area contributed by atoms with Crippen molar-refractivity contribution >= 4 is 5.97 Å². The van der Waals surface area contributed by atoms with Gasteiger partial charge in [0.25, 0.3) is 0 Å². The molecule has 0 spiro atoms. The second-order valence-electron chi connectivity index (χ2n) is 3.24. The molecule has 2 rings (SSSR count). The molecule has 0 atom stereocenters. The summed E-state index contributed by atoms with van der Waals surface area (Å²) in [6.45, 7) is 0. The molecule has 2 aromatic rings. The number of hydrogen-bond donors (Lipinski definition) is 0. The molecule has 1 aromatic heterocycles. The van der Waals surface area contributed by atoms with Crippen LogP contribution in [-0.2, 0) is 4.74 Å². The summed E-state index contributed by atoms with van der Waals surface area (Å²) in [5.41, 5.74) is 0.0771. The number of rotatable bonds is 3. The molecule has 18 heavy (non-hydrogen) atoms. The van der Waals surface area contributed by atoms with Crippen LogP contribution < -0.4 is 4.74 Å². The summed E-state index contributed by atoms with van der Waals surface area (Å²) in [7, 11) is 2.52. The van der Waals surface area contributed by atoms with Gasteiger partial charge in [-0.3, -0.25) is 0 Å². The fourth-order valence-corrected chi connectivity index (χ4v) is 1.34. The molecule has 0 saturated carbocycles. The molecule has 0 bridgehead atoms. The molecule has 0 aliphatic heterocycles. The largest absolute Gasteiger partial charge is 0.494 e. The number of esters is 1. The van der Waals surface area contributed by atoms with E-state index in [2.05, 4.69) is 19.4 Å². The summed E-state index contributed by atoms with van der Waals surface area (Å²) < 4.78 is 27.8. The Balaban J connectivity index is 2.43. The minimum atomic E-state index is -0.781. The second kappa shape index (κ2) is 4.82. The van der Waals surface area contributed by atoms with Gasteiger partial charge in [0.2, 0.25) is 5.82 Å². The first-order chi connectivity index (χ1) is 8.67. The van der Waals surface area contributed by atoms with E-state index in [4.69, 9.17) is 4.74 Å². The fourth-order valence-electron chi connectivity index (χ4n) is 1.34. The highest BCUT2D eigenvalue weighted by Crippen LogP contribution is 2.26. The maximum Gasteiger partial charge on any atom is 0.397 e. The van der Waals surface area contributed by atoms with Crippen molar-refractivity contribution in [3.05, 3.63) is 29.9 Å². The van der Waals surface area contributed by atoms with Crippen LogP contribution in [0, 0.1) is 5.82 Å². The number of nitrogens with zero attached hydrogens (tertiary/aromatic N) is 2. The first-order valence-electron chi connectivity index (χ1n) is 4.92. The van der Waals surface area contributed by atoms with Crippen molar-refractivity contribution in [3.8, 4) is 17.1 Å². The number of aromatic nitrogens is 2. The first kappa shape index (κ1) is 12.0. The van der Waals surface area contributed by atoms with Crippen LogP contribution in [0.3, 0.4) is 0 Å². The molecule has 0 amide bonds. The quantitative estimate of drug-likeness (QED) is 0.773. The smallest absolute Gasteiger partial charge is 0.397 e. The molecule has 0 N–H and O–H groups in total.